The van der Waals surface area contributed by atoms with Crippen LogP contribution < -0.4 is 0 Å². The van der Waals surface area contributed by atoms with Crippen molar-refractivity contribution in [3.05, 3.63) is 30.1 Å². The summed E-state index contributed by atoms with van der Waals surface area (Å²) in [7, 11) is 0. The number of aliphatic hydroxyl groups is 1. The average Bonchev–Trinajstić information content (AvgIpc) is 2.47. The Kier molecular flexibility index (Phi) is 5.91. The van der Waals surface area contributed by atoms with Crippen LogP contribution in [0.25, 0.3) is 0 Å². The van der Waals surface area contributed by atoms with Crippen molar-refractivity contribution in [3.63, 3.8) is 0 Å². The van der Waals surface area contributed by atoms with Crippen molar-refractivity contribution in [2.24, 2.45) is 5.92 Å². The largest absolute Gasteiger partial charge is 0.380 e. The van der Waals surface area contributed by atoms with Crippen molar-refractivity contribution in [2.75, 3.05) is 0 Å². The summed E-state index contributed by atoms with van der Waals surface area (Å²) in [6, 6.07) is 5.87. The van der Waals surface area contributed by atoms with Crippen molar-refractivity contribution in [1.82, 2.24) is 4.98 Å². The van der Waals surface area contributed by atoms with E-state index in [0.717, 1.165) is 24.5 Å². The molecule has 2 heteroatoms. The summed E-state index contributed by atoms with van der Waals surface area (Å²) in [6.07, 6.45) is 10.4. The predicted molar refractivity (Wildman–Crippen MR) is 77.5 cm³/mol. The highest BCUT2D eigenvalue weighted by Gasteiger charge is 2.11. The molecule has 19 heavy (non-hydrogen) atoms. The molecule has 1 atom stereocenters. The van der Waals surface area contributed by atoms with Crippen LogP contribution in [0.3, 0.4) is 0 Å². The molecule has 1 aromatic heterocycles. The molecule has 2 rings (SSSR count). The summed E-state index contributed by atoms with van der Waals surface area (Å²) in [5.74, 6) is 6.92. The number of aliphatic hydroxyl groups excluding tert-OH is 1. The molecule has 1 unspecified atom stereocenters. The number of nitrogens with zero attached hydrogens (tertiary/aromatic N) is 1. The van der Waals surface area contributed by atoms with Crippen molar-refractivity contribution in [1.29, 1.82) is 0 Å². The maximum atomic E-state index is 9.84. The topological polar surface area (TPSA) is 33.1 Å². The Morgan fingerprint density at radius 3 is 2.84 bits per heavy atom. The molecule has 102 valence electrons. The van der Waals surface area contributed by atoms with Crippen LogP contribution in [0.15, 0.2) is 24.4 Å². The van der Waals surface area contributed by atoms with Gasteiger partial charge < -0.3 is 5.11 Å². The molecule has 0 radical (unpaired) electrons. The first-order valence-corrected chi connectivity index (χ1v) is 7.41. The summed E-state index contributed by atoms with van der Waals surface area (Å²) < 4.78 is 0. The zero-order valence-corrected chi connectivity index (χ0v) is 11.5. The van der Waals surface area contributed by atoms with Crippen LogP contribution in [-0.2, 0) is 6.42 Å². The van der Waals surface area contributed by atoms with E-state index in [4.69, 9.17) is 0 Å². The molecule has 1 fully saturated rings. The van der Waals surface area contributed by atoms with Gasteiger partial charge in [-0.1, -0.05) is 31.2 Å². The molecule has 1 aliphatic carbocycles. The van der Waals surface area contributed by atoms with E-state index in [1.54, 1.807) is 6.20 Å². The highest BCUT2D eigenvalue weighted by molar-refractivity contribution is 5.08. The summed E-state index contributed by atoms with van der Waals surface area (Å²) in [5, 5.41) is 9.84. The Balaban J connectivity index is 1.67. The zero-order valence-electron chi connectivity index (χ0n) is 11.5. The van der Waals surface area contributed by atoms with Crippen LogP contribution >= 0.6 is 0 Å². The molecule has 1 aliphatic rings. The van der Waals surface area contributed by atoms with Gasteiger partial charge in [0.05, 0.1) is 0 Å². The molecule has 0 aromatic carbocycles. The Labute approximate surface area is 116 Å². The van der Waals surface area contributed by atoms with Gasteiger partial charge in [-0.3, -0.25) is 4.98 Å². The van der Waals surface area contributed by atoms with E-state index in [1.165, 1.54) is 32.1 Å². The molecule has 1 saturated carbocycles. The number of aromatic nitrogens is 1. The summed E-state index contributed by atoms with van der Waals surface area (Å²) >= 11 is 0. The van der Waals surface area contributed by atoms with Gasteiger partial charge in [0.15, 0.2) is 0 Å². The van der Waals surface area contributed by atoms with E-state index in [0.29, 0.717) is 6.42 Å². The molecule has 0 saturated heterocycles. The molecule has 0 bridgehead atoms. The number of hydrogen-bond donors (Lipinski definition) is 1. The van der Waals surface area contributed by atoms with Gasteiger partial charge in [0.25, 0.3) is 0 Å². The van der Waals surface area contributed by atoms with Crippen molar-refractivity contribution < 1.29 is 5.11 Å². The maximum absolute atomic E-state index is 9.84. The highest BCUT2D eigenvalue weighted by atomic mass is 16.3. The lowest BCUT2D eigenvalue weighted by molar-refractivity contribution is 0.221. The fourth-order valence-corrected chi connectivity index (χ4v) is 2.62. The van der Waals surface area contributed by atoms with E-state index in [9.17, 15) is 5.11 Å². The van der Waals surface area contributed by atoms with E-state index < -0.39 is 6.10 Å². The van der Waals surface area contributed by atoms with Crippen LogP contribution in [0.2, 0.25) is 0 Å². The number of hydrogen-bond acceptors (Lipinski definition) is 2. The van der Waals surface area contributed by atoms with E-state index in [-0.39, 0.29) is 0 Å². The minimum absolute atomic E-state index is 0.509. The summed E-state index contributed by atoms with van der Waals surface area (Å²) in [5.41, 5.74) is 1.02. The van der Waals surface area contributed by atoms with Crippen LogP contribution in [0.1, 0.15) is 50.6 Å². The van der Waals surface area contributed by atoms with Gasteiger partial charge in [-0.25, -0.2) is 0 Å². The quantitative estimate of drug-likeness (QED) is 0.839. The first-order chi connectivity index (χ1) is 9.34. The van der Waals surface area contributed by atoms with Crippen LogP contribution in [0.5, 0.6) is 0 Å². The molecule has 1 N–H and O–H groups in total. The lowest BCUT2D eigenvalue weighted by Gasteiger charge is -2.18. The van der Waals surface area contributed by atoms with E-state index in [2.05, 4.69) is 16.8 Å². The standard InChI is InChI=1S/C17H23NO/c19-17(13-12-16-10-4-5-14-18-16)11-6-9-15-7-2-1-3-8-15/h4-5,10,14-15,17,19H,1-3,7-9,12-13H2. The first kappa shape index (κ1) is 14.1. The molecule has 1 aromatic rings. The molecule has 0 amide bonds. The van der Waals surface area contributed by atoms with Gasteiger partial charge in [-0.15, -0.1) is 5.92 Å². The fraction of sp³-hybridized carbons (Fsp3) is 0.588. The number of pyridine rings is 1. The zero-order chi connectivity index (χ0) is 13.3. The SMILES string of the molecule is OC(C#CCC1CCCCC1)CCc1ccccn1. The molecular weight excluding hydrogens is 234 g/mol. The van der Waals surface area contributed by atoms with E-state index >= 15 is 0 Å². The van der Waals surface area contributed by atoms with Gasteiger partial charge in [-0.05, 0) is 43.7 Å². The van der Waals surface area contributed by atoms with Gasteiger partial charge in [0, 0.05) is 18.3 Å². The van der Waals surface area contributed by atoms with Gasteiger partial charge in [0.2, 0.25) is 0 Å². The Morgan fingerprint density at radius 2 is 2.11 bits per heavy atom. The normalized spacial score (nSPS) is 17.5. The molecule has 2 nitrogen and oxygen atoms in total. The maximum Gasteiger partial charge on any atom is 0.115 e. The van der Waals surface area contributed by atoms with Crippen LogP contribution in [0, 0.1) is 17.8 Å². The van der Waals surface area contributed by atoms with Crippen molar-refractivity contribution >= 4 is 0 Å². The predicted octanol–water partition coefficient (Wildman–Crippen LogP) is 3.35. The second-order valence-corrected chi connectivity index (χ2v) is 5.40. The molecule has 1 heterocycles. The van der Waals surface area contributed by atoms with Gasteiger partial charge >= 0.3 is 0 Å². The summed E-state index contributed by atoms with van der Waals surface area (Å²) in [4.78, 5) is 4.25. The minimum Gasteiger partial charge on any atom is -0.380 e. The van der Waals surface area contributed by atoms with Crippen LogP contribution in [0.4, 0.5) is 0 Å². The monoisotopic (exact) mass is 257 g/mol. The van der Waals surface area contributed by atoms with Crippen molar-refractivity contribution in [2.45, 2.75) is 57.5 Å². The fourth-order valence-electron chi connectivity index (χ4n) is 2.62. The third kappa shape index (κ3) is 5.44. The average molecular weight is 257 g/mol. The second kappa shape index (κ2) is 7.96. The lowest BCUT2D eigenvalue weighted by Crippen LogP contribution is -2.07. The van der Waals surface area contributed by atoms with Crippen LogP contribution in [-0.4, -0.2) is 16.2 Å². The first-order valence-electron chi connectivity index (χ1n) is 7.41. The van der Waals surface area contributed by atoms with E-state index in [1.807, 2.05) is 18.2 Å². The Hall–Kier alpha value is -1.33. The number of rotatable bonds is 4. The third-order valence-electron chi connectivity index (χ3n) is 3.78. The van der Waals surface area contributed by atoms with Crippen molar-refractivity contribution in [3.8, 4) is 11.8 Å². The Bertz CT molecular complexity index is 412. The Morgan fingerprint density at radius 1 is 1.26 bits per heavy atom. The molecule has 0 aliphatic heterocycles. The molecular formula is C17H23NO. The minimum atomic E-state index is -0.509. The summed E-state index contributed by atoms with van der Waals surface area (Å²) in [6.45, 7) is 0. The number of aryl methyl sites for hydroxylation is 1. The lowest BCUT2D eigenvalue weighted by atomic mass is 9.87. The second-order valence-electron chi connectivity index (χ2n) is 5.40. The highest BCUT2D eigenvalue weighted by Crippen LogP contribution is 2.25. The van der Waals surface area contributed by atoms with Gasteiger partial charge in [-0.2, -0.15) is 0 Å². The smallest absolute Gasteiger partial charge is 0.115 e. The third-order valence-corrected chi connectivity index (χ3v) is 3.78. The molecule has 0 spiro atoms. The van der Waals surface area contributed by atoms with Gasteiger partial charge in [0.1, 0.15) is 6.10 Å².